The van der Waals surface area contributed by atoms with E-state index in [4.69, 9.17) is 0 Å². The molecule has 2 aromatic carbocycles. The van der Waals surface area contributed by atoms with Crippen LogP contribution in [0.2, 0.25) is 0 Å². The quantitative estimate of drug-likeness (QED) is 0.338. The first-order chi connectivity index (χ1) is 13.4. The molecular formula is C19H15N3O5S. The van der Waals surface area contributed by atoms with Crippen molar-refractivity contribution in [1.82, 2.24) is 4.90 Å². The second-order valence-corrected chi connectivity index (χ2v) is 6.77. The third kappa shape index (κ3) is 4.09. The molecule has 8 nitrogen and oxygen atoms in total. The number of nitro groups is 1. The molecule has 142 valence electrons. The molecule has 0 N–H and O–H groups in total. The van der Waals surface area contributed by atoms with Crippen LogP contribution in [-0.4, -0.2) is 41.0 Å². The predicted molar refractivity (Wildman–Crippen MR) is 106 cm³/mol. The van der Waals surface area contributed by atoms with E-state index >= 15 is 0 Å². The number of nitro benzene ring substituents is 1. The fraction of sp³-hybridized carbons (Fsp3) is 0.105. The van der Waals surface area contributed by atoms with E-state index in [0.717, 1.165) is 0 Å². The molecule has 1 amide bonds. The minimum absolute atomic E-state index is 0.0117. The zero-order valence-corrected chi connectivity index (χ0v) is 15.8. The summed E-state index contributed by atoms with van der Waals surface area (Å²) >= 11 is 1.20. The fourth-order valence-electron chi connectivity index (χ4n) is 2.40. The van der Waals surface area contributed by atoms with Gasteiger partial charge >= 0.3 is 5.97 Å². The Kier molecular flexibility index (Phi) is 5.55. The molecule has 1 saturated heterocycles. The normalized spacial score (nSPS) is 16.6. The monoisotopic (exact) mass is 397 g/mol. The zero-order chi connectivity index (χ0) is 20.3. The van der Waals surface area contributed by atoms with Gasteiger partial charge in [0.1, 0.15) is 0 Å². The average Bonchev–Trinajstić information content (AvgIpc) is 2.96. The lowest BCUT2D eigenvalue weighted by Crippen LogP contribution is -2.23. The van der Waals surface area contributed by atoms with Gasteiger partial charge in [0.25, 0.3) is 11.6 Å². The lowest BCUT2D eigenvalue weighted by molar-refractivity contribution is -0.384. The average molecular weight is 397 g/mol. The number of methoxy groups -OCH3 is 1. The number of nitrogens with zero attached hydrogens (tertiary/aromatic N) is 3. The number of amidine groups is 1. The number of benzene rings is 2. The van der Waals surface area contributed by atoms with Gasteiger partial charge in [-0.3, -0.25) is 19.8 Å². The number of carbonyl (C=O) groups excluding carboxylic acids is 2. The van der Waals surface area contributed by atoms with E-state index in [9.17, 15) is 19.7 Å². The van der Waals surface area contributed by atoms with Gasteiger partial charge < -0.3 is 4.74 Å². The maximum atomic E-state index is 12.5. The van der Waals surface area contributed by atoms with Crippen LogP contribution in [-0.2, 0) is 9.53 Å². The molecule has 0 atom stereocenters. The molecule has 1 heterocycles. The Hall–Kier alpha value is -3.46. The maximum Gasteiger partial charge on any atom is 0.337 e. The van der Waals surface area contributed by atoms with Crippen LogP contribution in [0.25, 0.3) is 6.08 Å². The summed E-state index contributed by atoms with van der Waals surface area (Å²) in [6.07, 6.45) is 1.66. The van der Waals surface area contributed by atoms with Crippen molar-refractivity contribution in [3.63, 3.8) is 0 Å². The number of amides is 1. The number of carbonyl (C=O) groups is 2. The number of ether oxygens (including phenoxy) is 1. The molecule has 0 radical (unpaired) electrons. The molecule has 1 aliphatic heterocycles. The van der Waals surface area contributed by atoms with Crippen LogP contribution in [0, 0.1) is 10.1 Å². The zero-order valence-electron chi connectivity index (χ0n) is 15.0. The Morgan fingerprint density at radius 2 is 1.82 bits per heavy atom. The molecule has 0 unspecified atom stereocenters. The van der Waals surface area contributed by atoms with Gasteiger partial charge in [-0.1, -0.05) is 0 Å². The summed E-state index contributed by atoms with van der Waals surface area (Å²) in [7, 11) is 2.93. The molecule has 9 heteroatoms. The van der Waals surface area contributed by atoms with Crippen molar-refractivity contribution in [3.05, 3.63) is 74.7 Å². The van der Waals surface area contributed by atoms with Crippen molar-refractivity contribution >= 4 is 46.3 Å². The Labute approximate surface area is 164 Å². The van der Waals surface area contributed by atoms with E-state index in [2.05, 4.69) is 9.73 Å². The highest BCUT2D eigenvalue weighted by Crippen LogP contribution is 2.33. The molecule has 1 aliphatic rings. The highest BCUT2D eigenvalue weighted by atomic mass is 32.2. The number of hydrogen-bond donors (Lipinski definition) is 0. The van der Waals surface area contributed by atoms with Gasteiger partial charge in [-0.25, -0.2) is 9.79 Å². The number of rotatable bonds is 4. The van der Waals surface area contributed by atoms with Crippen LogP contribution in [0.1, 0.15) is 15.9 Å². The van der Waals surface area contributed by atoms with E-state index in [1.807, 2.05) is 0 Å². The summed E-state index contributed by atoms with van der Waals surface area (Å²) in [5.74, 6) is -0.650. The summed E-state index contributed by atoms with van der Waals surface area (Å²) in [5, 5.41) is 11.2. The second-order valence-electron chi connectivity index (χ2n) is 5.76. The van der Waals surface area contributed by atoms with E-state index in [1.54, 1.807) is 49.5 Å². The van der Waals surface area contributed by atoms with Crippen molar-refractivity contribution in [2.75, 3.05) is 14.2 Å². The van der Waals surface area contributed by atoms with Gasteiger partial charge in [-0.15, -0.1) is 0 Å². The van der Waals surface area contributed by atoms with Gasteiger partial charge in [0, 0.05) is 19.2 Å². The number of aliphatic imine (C=N–C) groups is 1. The highest BCUT2D eigenvalue weighted by Gasteiger charge is 2.30. The largest absolute Gasteiger partial charge is 0.465 e. The molecule has 0 saturated carbocycles. The van der Waals surface area contributed by atoms with E-state index < -0.39 is 10.9 Å². The maximum absolute atomic E-state index is 12.5. The molecule has 28 heavy (non-hydrogen) atoms. The SMILES string of the molecule is COC(=O)c1ccc(N=C2S/C(=C/c3ccc([N+](=O)[O-])cc3)C(=O)N2C)cc1. The highest BCUT2D eigenvalue weighted by molar-refractivity contribution is 8.18. The van der Waals surface area contributed by atoms with Crippen LogP contribution >= 0.6 is 11.8 Å². The Bertz CT molecular complexity index is 997. The summed E-state index contributed by atoms with van der Waals surface area (Å²) < 4.78 is 4.66. The molecule has 0 aromatic heterocycles. The van der Waals surface area contributed by atoms with Gasteiger partial charge in [0.05, 0.1) is 28.2 Å². The minimum Gasteiger partial charge on any atom is -0.465 e. The number of esters is 1. The van der Waals surface area contributed by atoms with Gasteiger partial charge in [0.2, 0.25) is 0 Å². The van der Waals surface area contributed by atoms with Crippen LogP contribution in [0.4, 0.5) is 11.4 Å². The first-order valence-electron chi connectivity index (χ1n) is 8.08. The first-order valence-corrected chi connectivity index (χ1v) is 8.90. The van der Waals surface area contributed by atoms with Gasteiger partial charge in [-0.05, 0) is 59.8 Å². The molecule has 0 aliphatic carbocycles. The van der Waals surface area contributed by atoms with Crippen molar-refractivity contribution in [3.8, 4) is 0 Å². The second kappa shape index (κ2) is 8.05. The van der Waals surface area contributed by atoms with Crippen molar-refractivity contribution in [2.24, 2.45) is 4.99 Å². The summed E-state index contributed by atoms with van der Waals surface area (Å²) in [6.45, 7) is 0. The third-order valence-electron chi connectivity index (χ3n) is 3.92. The molecule has 3 rings (SSSR count). The van der Waals surface area contributed by atoms with Gasteiger partial charge in [0.15, 0.2) is 5.17 Å². The molecule has 2 aromatic rings. The van der Waals surface area contributed by atoms with Crippen molar-refractivity contribution in [1.29, 1.82) is 0 Å². The lowest BCUT2D eigenvalue weighted by atomic mass is 10.2. The predicted octanol–water partition coefficient (Wildman–Crippen LogP) is 3.62. The summed E-state index contributed by atoms with van der Waals surface area (Å²) in [5.41, 5.74) is 1.67. The number of thioether (sulfide) groups is 1. The Morgan fingerprint density at radius 1 is 1.18 bits per heavy atom. The van der Waals surface area contributed by atoms with E-state index in [0.29, 0.717) is 26.9 Å². The summed E-state index contributed by atoms with van der Waals surface area (Å²) in [4.78, 5) is 40.5. The van der Waals surface area contributed by atoms with Crippen LogP contribution < -0.4 is 0 Å². The van der Waals surface area contributed by atoms with Crippen LogP contribution in [0.5, 0.6) is 0 Å². The molecule has 1 fully saturated rings. The number of hydrogen-bond acceptors (Lipinski definition) is 7. The Balaban J connectivity index is 1.81. The first kappa shape index (κ1) is 19.3. The number of likely N-dealkylation sites (N-methyl/N-ethyl adjacent to an activating group) is 1. The van der Waals surface area contributed by atoms with Crippen LogP contribution in [0.15, 0.2) is 58.4 Å². The summed E-state index contributed by atoms with van der Waals surface area (Å²) in [6, 6.07) is 12.5. The van der Waals surface area contributed by atoms with Gasteiger partial charge in [-0.2, -0.15) is 0 Å². The van der Waals surface area contributed by atoms with Crippen molar-refractivity contribution in [2.45, 2.75) is 0 Å². The Morgan fingerprint density at radius 3 is 2.39 bits per heavy atom. The van der Waals surface area contributed by atoms with E-state index in [1.165, 1.54) is 35.9 Å². The molecular weight excluding hydrogens is 382 g/mol. The topological polar surface area (TPSA) is 102 Å². The van der Waals surface area contributed by atoms with Crippen LogP contribution in [0.3, 0.4) is 0 Å². The minimum atomic E-state index is -0.476. The van der Waals surface area contributed by atoms with E-state index in [-0.39, 0.29) is 11.6 Å². The lowest BCUT2D eigenvalue weighted by Gasteiger charge is -2.07. The molecule has 0 bridgehead atoms. The fourth-order valence-corrected chi connectivity index (χ4v) is 3.38. The van der Waals surface area contributed by atoms with Crippen molar-refractivity contribution < 1.29 is 19.2 Å². The smallest absolute Gasteiger partial charge is 0.337 e. The third-order valence-corrected chi connectivity index (χ3v) is 4.98. The molecule has 0 spiro atoms. The standard InChI is InChI=1S/C19H15N3O5S/c1-21-17(23)16(11-12-3-9-15(10-4-12)22(25)26)28-19(21)20-14-7-5-13(6-8-14)18(24)27-2/h3-11H,1-2H3/b16-11+,20-19?. The number of non-ortho nitro benzene ring substituents is 1.